The molecule has 0 saturated heterocycles. The highest BCUT2D eigenvalue weighted by Crippen LogP contribution is 2.21. The summed E-state index contributed by atoms with van der Waals surface area (Å²) in [5, 5.41) is 11.1. The second kappa shape index (κ2) is 7.89. The maximum atomic E-state index is 10.9. The van der Waals surface area contributed by atoms with Gasteiger partial charge in [0.15, 0.2) is 6.10 Å². The lowest BCUT2D eigenvalue weighted by Crippen LogP contribution is -2.29. The summed E-state index contributed by atoms with van der Waals surface area (Å²) in [5.74, 6) is -0.886. The Labute approximate surface area is 120 Å². The molecule has 1 aromatic heterocycles. The number of hydrogen-bond acceptors (Lipinski definition) is 4. The molecule has 0 amide bonds. The van der Waals surface area contributed by atoms with Crippen LogP contribution in [0.1, 0.15) is 18.9 Å². The van der Waals surface area contributed by atoms with Gasteiger partial charge in [-0.15, -0.1) is 11.3 Å². The quantitative estimate of drug-likeness (QED) is 0.793. The van der Waals surface area contributed by atoms with E-state index < -0.39 is 12.1 Å². The smallest absolute Gasteiger partial charge is 0.332 e. The number of carbonyl (C=O) groups is 1. The molecule has 0 bridgehead atoms. The molecular weight excluding hydrogens is 318 g/mol. The van der Waals surface area contributed by atoms with Gasteiger partial charge in [-0.25, -0.2) is 4.79 Å². The molecule has 1 heterocycles. The maximum Gasteiger partial charge on any atom is 0.332 e. The Kier molecular flexibility index (Phi) is 6.85. The maximum absolute atomic E-state index is 10.9. The second-order valence-corrected chi connectivity index (χ2v) is 6.36. The molecule has 0 radical (unpaired) electrons. The van der Waals surface area contributed by atoms with E-state index in [4.69, 9.17) is 9.84 Å². The Morgan fingerprint density at radius 2 is 2.39 bits per heavy atom. The van der Waals surface area contributed by atoms with E-state index in [0.29, 0.717) is 19.6 Å². The number of nitrogens with zero attached hydrogens (tertiary/aromatic N) is 1. The molecule has 1 aromatic rings. The fraction of sp³-hybridized carbons (Fsp3) is 0.583. The summed E-state index contributed by atoms with van der Waals surface area (Å²) < 4.78 is 6.29. The number of ether oxygens (including phenoxy) is 1. The summed E-state index contributed by atoms with van der Waals surface area (Å²) in [6, 6.07) is 2.08. The van der Waals surface area contributed by atoms with Crippen molar-refractivity contribution in [3.05, 3.63) is 20.8 Å². The largest absolute Gasteiger partial charge is 0.479 e. The highest BCUT2D eigenvalue weighted by atomic mass is 79.9. The fourth-order valence-electron chi connectivity index (χ4n) is 1.64. The standard InChI is InChI=1S/C12H18BrNO3S/c1-3-17-10(12(15)16)4-5-14(2)7-9-6-11(13)18-8-9/h6,8,10H,3-5,7H2,1-2H3,(H,15,16). The van der Waals surface area contributed by atoms with Gasteiger partial charge in [-0.2, -0.15) is 0 Å². The van der Waals surface area contributed by atoms with Crippen LogP contribution in [-0.2, 0) is 16.1 Å². The van der Waals surface area contributed by atoms with Crippen LogP contribution in [0.4, 0.5) is 0 Å². The molecule has 0 aliphatic carbocycles. The number of carboxylic acid groups (broad SMARTS) is 1. The predicted molar refractivity (Wildman–Crippen MR) is 76.0 cm³/mol. The third kappa shape index (κ3) is 5.48. The van der Waals surface area contributed by atoms with Gasteiger partial charge < -0.3 is 14.7 Å². The molecule has 18 heavy (non-hydrogen) atoms. The lowest BCUT2D eigenvalue weighted by molar-refractivity contribution is -0.150. The van der Waals surface area contributed by atoms with E-state index in [1.54, 1.807) is 11.3 Å². The molecule has 1 atom stereocenters. The lowest BCUT2D eigenvalue weighted by Gasteiger charge is -2.18. The van der Waals surface area contributed by atoms with Crippen molar-refractivity contribution < 1.29 is 14.6 Å². The van der Waals surface area contributed by atoms with Crippen LogP contribution in [0.2, 0.25) is 0 Å². The normalized spacial score (nSPS) is 12.9. The summed E-state index contributed by atoms with van der Waals surface area (Å²) in [6.07, 6.45) is -0.197. The van der Waals surface area contributed by atoms with Gasteiger partial charge in [-0.3, -0.25) is 0 Å². The molecule has 1 rings (SSSR count). The first-order chi connectivity index (χ1) is 8.52. The Bertz CT molecular complexity index is 383. The first kappa shape index (κ1) is 15.6. The van der Waals surface area contributed by atoms with E-state index in [1.165, 1.54) is 5.56 Å². The average molecular weight is 336 g/mol. The van der Waals surface area contributed by atoms with E-state index in [1.807, 2.05) is 14.0 Å². The highest BCUT2D eigenvalue weighted by Gasteiger charge is 2.17. The summed E-state index contributed by atoms with van der Waals surface area (Å²) in [7, 11) is 1.98. The molecule has 0 saturated carbocycles. The molecule has 0 aliphatic rings. The molecule has 0 aliphatic heterocycles. The Morgan fingerprint density at radius 3 is 2.89 bits per heavy atom. The number of aliphatic carboxylic acids is 1. The Morgan fingerprint density at radius 1 is 1.67 bits per heavy atom. The minimum absolute atomic E-state index is 0.429. The minimum Gasteiger partial charge on any atom is -0.479 e. The van der Waals surface area contributed by atoms with Gasteiger partial charge >= 0.3 is 5.97 Å². The van der Waals surface area contributed by atoms with Crippen LogP contribution < -0.4 is 0 Å². The number of hydrogen-bond donors (Lipinski definition) is 1. The van der Waals surface area contributed by atoms with E-state index in [-0.39, 0.29) is 0 Å². The number of thiophene rings is 1. The first-order valence-corrected chi connectivity index (χ1v) is 7.46. The van der Waals surface area contributed by atoms with Crippen LogP contribution in [-0.4, -0.2) is 42.3 Å². The topological polar surface area (TPSA) is 49.8 Å². The zero-order chi connectivity index (χ0) is 13.5. The van der Waals surface area contributed by atoms with Crippen LogP contribution in [0.5, 0.6) is 0 Å². The zero-order valence-electron chi connectivity index (χ0n) is 10.6. The SMILES string of the molecule is CCOC(CCN(C)Cc1csc(Br)c1)C(=O)O. The van der Waals surface area contributed by atoms with Gasteiger partial charge in [0.1, 0.15) is 0 Å². The highest BCUT2D eigenvalue weighted by molar-refractivity contribution is 9.11. The first-order valence-electron chi connectivity index (χ1n) is 5.78. The van der Waals surface area contributed by atoms with Crippen molar-refractivity contribution in [2.45, 2.75) is 26.0 Å². The Balaban J connectivity index is 2.35. The molecule has 102 valence electrons. The van der Waals surface area contributed by atoms with Crippen molar-refractivity contribution in [3.8, 4) is 0 Å². The molecule has 0 spiro atoms. The molecule has 0 aromatic carbocycles. The van der Waals surface area contributed by atoms with Crippen molar-refractivity contribution in [3.63, 3.8) is 0 Å². The molecule has 0 fully saturated rings. The van der Waals surface area contributed by atoms with Crippen LogP contribution in [0.25, 0.3) is 0 Å². The molecular formula is C12H18BrNO3S. The second-order valence-electron chi connectivity index (χ2n) is 4.07. The monoisotopic (exact) mass is 335 g/mol. The van der Waals surface area contributed by atoms with Crippen LogP contribution in [0.15, 0.2) is 15.2 Å². The van der Waals surface area contributed by atoms with Gasteiger partial charge in [-0.1, -0.05) is 0 Å². The summed E-state index contributed by atoms with van der Waals surface area (Å²) in [5.41, 5.74) is 1.23. The molecule has 4 nitrogen and oxygen atoms in total. The molecule has 6 heteroatoms. The van der Waals surface area contributed by atoms with Crippen molar-refractivity contribution in [2.24, 2.45) is 0 Å². The third-order valence-corrected chi connectivity index (χ3v) is 4.04. The number of carboxylic acids is 1. The predicted octanol–water partition coefficient (Wildman–Crippen LogP) is 2.82. The lowest BCUT2D eigenvalue weighted by atomic mass is 10.2. The van der Waals surface area contributed by atoms with Gasteiger partial charge in [0, 0.05) is 19.7 Å². The van der Waals surface area contributed by atoms with Crippen LogP contribution in [0.3, 0.4) is 0 Å². The van der Waals surface area contributed by atoms with E-state index in [9.17, 15) is 4.79 Å². The third-order valence-electron chi connectivity index (χ3n) is 2.49. The summed E-state index contributed by atoms with van der Waals surface area (Å²) in [6.45, 7) is 3.76. The summed E-state index contributed by atoms with van der Waals surface area (Å²) >= 11 is 5.08. The Hall–Kier alpha value is -0.430. The van der Waals surface area contributed by atoms with Crippen molar-refractivity contribution in [1.29, 1.82) is 0 Å². The van der Waals surface area contributed by atoms with E-state index in [2.05, 4.69) is 32.3 Å². The summed E-state index contributed by atoms with van der Waals surface area (Å²) in [4.78, 5) is 13.0. The van der Waals surface area contributed by atoms with Gasteiger partial charge in [0.25, 0.3) is 0 Å². The van der Waals surface area contributed by atoms with Crippen molar-refractivity contribution in [1.82, 2.24) is 4.90 Å². The fourth-order valence-corrected chi connectivity index (χ4v) is 2.84. The van der Waals surface area contributed by atoms with E-state index >= 15 is 0 Å². The minimum atomic E-state index is -0.886. The average Bonchev–Trinajstić information content (AvgIpc) is 2.69. The zero-order valence-corrected chi connectivity index (χ0v) is 13.0. The van der Waals surface area contributed by atoms with Gasteiger partial charge in [0.05, 0.1) is 3.79 Å². The van der Waals surface area contributed by atoms with Crippen LogP contribution >= 0.6 is 27.3 Å². The van der Waals surface area contributed by atoms with E-state index in [0.717, 1.165) is 10.3 Å². The van der Waals surface area contributed by atoms with Crippen LogP contribution in [0, 0.1) is 0 Å². The molecule has 1 unspecified atom stereocenters. The van der Waals surface area contributed by atoms with Crippen molar-refractivity contribution in [2.75, 3.05) is 20.2 Å². The van der Waals surface area contributed by atoms with Crippen molar-refractivity contribution >= 4 is 33.2 Å². The van der Waals surface area contributed by atoms with Gasteiger partial charge in [0.2, 0.25) is 0 Å². The number of halogens is 1. The number of rotatable bonds is 8. The van der Waals surface area contributed by atoms with Gasteiger partial charge in [-0.05, 0) is 53.3 Å². The molecule has 1 N–H and O–H groups in total.